The van der Waals surface area contributed by atoms with Crippen LogP contribution in [0.5, 0.6) is 0 Å². The summed E-state index contributed by atoms with van der Waals surface area (Å²) in [4.78, 5) is 0. The van der Waals surface area contributed by atoms with Crippen molar-refractivity contribution in [3.63, 3.8) is 0 Å². The van der Waals surface area contributed by atoms with Gasteiger partial charge in [-0.05, 0) is 31.7 Å². The lowest BCUT2D eigenvalue weighted by Gasteiger charge is -2.23. The van der Waals surface area contributed by atoms with E-state index >= 15 is 0 Å². The topological polar surface area (TPSA) is 29.9 Å². The standard InChI is InChI=1S/C15H27N3/c1-13(14-7-5-3-4-6-8-14)16-11-9-15-10-12-17-18(15)2/h10,12-14,16H,3-9,11H2,1-2H3/t13-/m0/s1. The highest BCUT2D eigenvalue weighted by Gasteiger charge is 2.18. The highest BCUT2D eigenvalue weighted by atomic mass is 15.3. The van der Waals surface area contributed by atoms with Crippen LogP contribution in [0.15, 0.2) is 12.3 Å². The van der Waals surface area contributed by atoms with Crippen molar-refractivity contribution in [1.29, 1.82) is 0 Å². The van der Waals surface area contributed by atoms with Gasteiger partial charge in [0.25, 0.3) is 0 Å². The zero-order valence-corrected chi connectivity index (χ0v) is 11.9. The summed E-state index contributed by atoms with van der Waals surface area (Å²) in [5.41, 5.74) is 1.32. The molecule has 1 N–H and O–H groups in total. The van der Waals surface area contributed by atoms with Crippen molar-refractivity contribution in [3.05, 3.63) is 18.0 Å². The van der Waals surface area contributed by atoms with Gasteiger partial charge in [0.2, 0.25) is 0 Å². The second-order valence-electron chi connectivity index (χ2n) is 5.69. The smallest absolute Gasteiger partial charge is 0.0492 e. The zero-order valence-electron chi connectivity index (χ0n) is 11.9. The summed E-state index contributed by atoms with van der Waals surface area (Å²) in [7, 11) is 2.02. The minimum absolute atomic E-state index is 0.663. The first-order valence-corrected chi connectivity index (χ1v) is 7.47. The molecule has 1 saturated carbocycles. The number of hydrogen-bond acceptors (Lipinski definition) is 2. The Morgan fingerprint density at radius 1 is 1.33 bits per heavy atom. The summed E-state index contributed by atoms with van der Waals surface area (Å²) < 4.78 is 1.97. The van der Waals surface area contributed by atoms with Crippen LogP contribution in [0.25, 0.3) is 0 Å². The van der Waals surface area contributed by atoms with Gasteiger partial charge >= 0.3 is 0 Å². The van der Waals surface area contributed by atoms with E-state index in [0.29, 0.717) is 6.04 Å². The molecule has 18 heavy (non-hydrogen) atoms. The molecule has 1 heterocycles. The van der Waals surface area contributed by atoms with Gasteiger partial charge < -0.3 is 5.32 Å². The molecule has 0 bridgehead atoms. The average Bonchev–Trinajstić information content (AvgIpc) is 2.64. The molecule has 1 atom stereocenters. The summed E-state index contributed by atoms with van der Waals surface area (Å²) in [5.74, 6) is 0.888. The molecule has 0 aromatic carbocycles. The lowest BCUT2D eigenvalue weighted by molar-refractivity contribution is 0.339. The van der Waals surface area contributed by atoms with Crippen LogP contribution < -0.4 is 5.32 Å². The van der Waals surface area contributed by atoms with Crippen molar-refractivity contribution in [2.24, 2.45) is 13.0 Å². The van der Waals surface area contributed by atoms with Crippen LogP contribution in [0, 0.1) is 5.92 Å². The van der Waals surface area contributed by atoms with Gasteiger partial charge in [-0.25, -0.2) is 0 Å². The molecule has 1 aromatic rings. The molecule has 102 valence electrons. The van der Waals surface area contributed by atoms with Crippen molar-refractivity contribution in [2.45, 2.75) is 57.9 Å². The van der Waals surface area contributed by atoms with Gasteiger partial charge in [0, 0.05) is 37.9 Å². The van der Waals surface area contributed by atoms with Gasteiger partial charge in [-0.3, -0.25) is 4.68 Å². The zero-order chi connectivity index (χ0) is 12.8. The van der Waals surface area contributed by atoms with Crippen molar-refractivity contribution >= 4 is 0 Å². The third kappa shape index (κ3) is 3.84. The second-order valence-corrected chi connectivity index (χ2v) is 5.69. The van der Waals surface area contributed by atoms with E-state index in [-0.39, 0.29) is 0 Å². The molecule has 0 aliphatic heterocycles. The molecule has 1 aromatic heterocycles. The fourth-order valence-corrected chi connectivity index (χ4v) is 3.05. The molecule has 1 aliphatic carbocycles. The van der Waals surface area contributed by atoms with Crippen LogP contribution in [0.3, 0.4) is 0 Å². The molecule has 0 amide bonds. The summed E-state index contributed by atoms with van der Waals surface area (Å²) in [6, 6.07) is 2.77. The molecule has 0 spiro atoms. The summed E-state index contributed by atoms with van der Waals surface area (Å²) >= 11 is 0. The summed E-state index contributed by atoms with van der Waals surface area (Å²) in [5, 5.41) is 7.91. The van der Waals surface area contributed by atoms with E-state index in [9.17, 15) is 0 Å². The Kier molecular flexibility index (Phi) is 5.24. The molecule has 2 rings (SSSR count). The van der Waals surface area contributed by atoms with E-state index in [1.165, 1.54) is 44.2 Å². The van der Waals surface area contributed by atoms with Crippen LogP contribution >= 0.6 is 0 Å². The van der Waals surface area contributed by atoms with Gasteiger partial charge in [-0.1, -0.05) is 25.7 Å². The van der Waals surface area contributed by atoms with Crippen molar-refractivity contribution in [3.8, 4) is 0 Å². The highest BCUT2D eigenvalue weighted by Crippen LogP contribution is 2.25. The molecular weight excluding hydrogens is 222 g/mol. The molecule has 3 nitrogen and oxygen atoms in total. The minimum Gasteiger partial charge on any atom is -0.314 e. The largest absolute Gasteiger partial charge is 0.314 e. The molecule has 0 radical (unpaired) electrons. The molecule has 0 saturated heterocycles. The number of aryl methyl sites for hydroxylation is 1. The van der Waals surface area contributed by atoms with Crippen molar-refractivity contribution < 1.29 is 0 Å². The lowest BCUT2D eigenvalue weighted by atomic mass is 9.93. The first-order chi connectivity index (χ1) is 8.77. The second kappa shape index (κ2) is 6.93. The van der Waals surface area contributed by atoms with E-state index in [4.69, 9.17) is 0 Å². The van der Waals surface area contributed by atoms with E-state index in [2.05, 4.69) is 23.4 Å². The Morgan fingerprint density at radius 2 is 2.06 bits per heavy atom. The average molecular weight is 249 g/mol. The Morgan fingerprint density at radius 3 is 2.67 bits per heavy atom. The Bertz CT molecular complexity index is 337. The molecule has 3 heteroatoms. The van der Waals surface area contributed by atoms with Crippen LogP contribution in [-0.4, -0.2) is 22.4 Å². The number of rotatable bonds is 5. The van der Waals surface area contributed by atoms with E-state index in [1.54, 1.807) is 0 Å². The van der Waals surface area contributed by atoms with E-state index < -0.39 is 0 Å². The van der Waals surface area contributed by atoms with Gasteiger partial charge in [0.1, 0.15) is 0 Å². The molecule has 1 fully saturated rings. The van der Waals surface area contributed by atoms with Crippen molar-refractivity contribution in [1.82, 2.24) is 15.1 Å². The van der Waals surface area contributed by atoms with Crippen LogP contribution in [0.2, 0.25) is 0 Å². The quantitative estimate of drug-likeness (QED) is 0.813. The van der Waals surface area contributed by atoms with E-state index in [0.717, 1.165) is 18.9 Å². The predicted molar refractivity (Wildman–Crippen MR) is 75.6 cm³/mol. The van der Waals surface area contributed by atoms with Gasteiger partial charge in [0.05, 0.1) is 0 Å². The van der Waals surface area contributed by atoms with Gasteiger partial charge in [-0.15, -0.1) is 0 Å². The number of nitrogens with one attached hydrogen (secondary N) is 1. The number of nitrogens with zero attached hydrogens (tertiary/aromatic N) is 2. The number of hydrogen-bond donors (Lipinski definition) is 1. The highest BCUT2D eigenvalue weighted by molar-refractivity contribution is 5.00. The first kappa shape index (κ1) is 13.6. The van der Waals surface area contributed by atoms with Gasteiger partial charge in [-0.2, -0.15) is 5.10 Å². The summed E-state index contributed by atoms with van der Waals surface area (Å²) in [6.45, 7) is 3.43. The Hall–Kier alpha value is -0.830. The van der Waals surface area contributed by atoms with Crippen LogP contribution in [0.4, 0.5) is 0 Å². The normalized spacial score (nSPS) is 19.7. The third-order valence-electron chi connectivity index (χ3n) is 4.38. The maximum Gasteiger partial charge on any atom is 0.0492 e. The predicted octanol–water partition coefficient (Wildman–Crippen LogP) is 2.91. The minimum atomic E-state index is 0.663. The van der Waals surface area contributed by atoms with Gasteiger partial charge in [0.15, 0.2) is 0 Å². The SMILES string of the molecule is C[C@H](NCCc1ccnn1C)C1CCCCCC1. The third-order valence-corrected chi connectivity index (χ3v) is 4.38. The first-order valence-electron chi connectivity index (χ1n) is 7.47. The van der Waals surface area contributed by atoms with Crippen LogP contribution in [0.1, 0.15) is 51.1 Å². The Balaban J connectivity index is 1.70. The molecular formula is C15H27N3. The summed E-state index contributed by atoms with van der Waals surface area (Å²) in [6.07, 6.45) is 11.5. The maximum atomic E-state index is 4.21. The molecule has 1 aliphatic rings. The fourth-order valence-electron chi connectivity index (χ4n) is 3.05. The lowest BCUT2D eigenvalue weighted by Crippen LogP contribution is -2.35. The monoisotopic (exact) mass is 249 g/mol. The maximum absolute atomic E-state index is 4.21. The molecule has 0 unspecified atom stereocenters. The van der Waals surface area contributed by atoms with Crippen LogP contribution in [-0.2, 0) is 13.5 Å². The number of aromatic nitrogens is 2. The van der Waals surface area contributed by atoms with Crippen molar-refractivity contribution in [2.75, 3.05) is 6.54 Å². The fraction of sp³-hybridized carbons (Fsp3) is 0.800. The Labute approximate surface area is 111 Å². The van der Waals surface area contributed by atoms with E-state index in [1.807, 2.05) is 17.9 Å².